The summed E-state index contributed by atoms with van der Waals surface area (Å²) < 4.78 is 0. The average Bonchev–Trinajstić information content (AvgIpc) is 3.04. The maximum atomic E-state index is 11.6. The smallest absolute Gasteiger partial charge is 0.0910 e. The Morgan fingerprint density at radius 3 is 2.19 bits per heavy atom. The monoisotopic (exact) mass is 436 g/mol. The van der Waals surface area contributed by atoms with Crippen molar-refractivity contribution < 1.29 is 20.4 Å². The highest BCUT2D eigenvalue weighted by molar-refractivity contribution is 5.12. The minimum absolute atomic E-state index is 0.0811. The first-order valence-corrected chi connectivity index (χ1v) is 13.1. The summed E-state index contributed by atoms with van der Waals surface area (Å²) in [6.45, 7) is 10.3. The van der Waals surface area contributed by atoms with Gasteiger partial charge in [-0.1, -0.05) is 13.8 Å². The lowest BCUT2D eigenvalue weighted by atomic mass is 9.44. The summed E-state index contributed by atoms with van der Waals surface area (Å²) in [5.74, 6) is 2.89. The SMILES string of the molecule is CC(C)(O)CCC(O)C(C)(O)C1CCC2C3CCC4CC(O)CCC4(C)C3CCC21C. The maximum absolute atomic E-state index is 11.6. The van der Waals surface area contributed by atoms with E-state index in [0.717, 1.165) is 37.5 Å². The summed E-state index contributed by atoms with van der Waals surface area (Å²) in [5.41, 5.74) is -1.48. The fraction of sp³-hybridized carbons (Fsp3) is 1.00. The van der Waals surface area contributed by atoms with Crippen molar-refractivity contribution >= 4 is 0 Å². The highest BCUT2D eigenvalue weighted by Gasteiger charge is 2.63. The molecule has 4 fully saturated rings. The van der Waals surface area contributed by atoms with E-state index in [2.05, 4.69) is 13.8 Å². The molecule has 4 aliphatic rings. The van der Waals surface area contributed by atoms with E-state index in [1.54, 1.807) is 13.8 Å². The molecule has 4 heteroatoms. The second kappa shape index (κ2) is 7.96. The van der Waals surface area contributed by atoms with Crippen LogP contribution in [0.25, 0.3) is 0 Å². The van der Waals surface area contributed by atoms with E-state index in [4.69, 9.17) is 0 Å². The first-order valence-electron chi connectivity index (χ1n) is 13.1. The zero-order valence-corrected chi connectivity index (χ0v) is 20.6. The third-order valence-electron chi connectivity index (χ3n) is 11.0. The first-order chi connectivity index (χ1) is 14.3. The molecular weight excluding hydrogens is 388 g/mol. The number of aliphatic hydroxyl groups excluding tert-OH is 2. The van der Waals surface area contributed by atoms with Crippen molar-refractivity contribution in [3.63, 3.8) is 0 Å². The van der Waals surface area contributed by atoms with Crippen LogP contribution in [-0.2, 0) is 0 Å². The normalized spacial score (nSPS) is 48.3. The Bertz CT molecular complexity index is 654. The second-order valence-electron chi connectivity index (χ2n) is 13.4. The predicted octanol–water partition coefficient (Wildman–Crippen LogP) is 4.67. The molecule has 0 aromatic carbocycles. The standard InChI is InChI=1S/C27H48O4/c1-24(2,30)13-12-23(29)27(5,31)22-9-8-20-19-7-6-17-16-18(28)10-14-25(17,3)21(19)11-15-26(20,22)4/h17-23,28-31H,6-16H2,1-5H3. The Hall–Kier alpha value is -0.160. The van der Waals surface area contributed by atoms with E-state index < -0.39 is 17.3 Å². The lowest BCUT2D eigenvalue weighted by Gasteiger charge is -2.61. The molecule has 0 heterocycles. The van der Waals surface area contributed by atoms with E-state index in [1.807, 2.05) is 6.92 Å². The molecule has 4 saturated carbocycles. The Balaban J connectivity index is 1.52. The molecule has 0 radical (unpaired) electrons. The van der Waals surface area contributed by atoms with Crippen LogP contribution < -0.4 is 0 Å². The molecule has 0 bridgehead atoms. The summed E-state index contributed by atoms with van der Waals surface area (Å²) >= 11 is 0. The molecule has 180 valence electrons. The van der Waals surface area contributed by atoms with Gasteiger partial charge in [-0.2, -0.15) is 0 Å². The lowest BCUT2D eigenvalue weighted by molar-refractivity contribution is -0.168. The van der Waals surface area contributed by atoms with Gasteiger partial charge in [0.1, 0.15) is 0 Å². The van der Waals surface area contributed by atoms with Crippen molar-refractivity contribution in [3.8, 4) is 0 Å². The van der Waals surface area contributed by atoms with Crippen LogP contribution in [0.5, 0.6) is 0 Å². The summed E-state index contributed by atoms with van der Waals surface area (Å²) in [6, 6.07) is 0. The molecular formula is C27H48O4. The van der Waals surface area contributed by atoms with Crippen LogP contribution in [0.3, 0.4) is 0 Å². The van der Waals surface area contributed by atoms with Crippen LogP contribution in [0.1, 0.15) is 105 Å². The minimum atomic E-state index is -1.11. The molecule has 0 amide bonds. The molecule has 4 aliphatic carbocycles. The van der Waals surface area contributed by atoms with Gasteiger partial charge >= 0.3 is 0 Å². The highest BCUT2D eigenvalue weighted by Crippen LogP contribution is 2.68. The second-order valence-corrected chi connectivity index (χ2v) is 13.4. The predicted molar refractivity (Wildman–Crippen MR) is 123 cm³/mol. The van der Waals surface area contributed by atoms with Crippen LogP contribution in [0.15, 0.2) is 0 Å². The van der Waals surface area contributed by atoms with Gasteiger partial charge in [0, 0.05) is 0 Å². The minimum Gasteiger partial charge on any atom is -0.393 e. The Kier molecular flexibility index (Phi) is 6.16. The zero-order valence-electron chi connectivity index (χ0n) is 20.6. The fourth-order valence-electron chi connectivity index (χ4n) is 9.21. The first kappa shape index (κ1) is 24.0. The molecule has 0 spiro atoms. The molecule has 10 unspecified atom stereocenters. The maximum Gasteiger partial charge on any atom is 0.0910 e. The van der Waals surface area contributed by atoms with Gasteiger partial charge in [-0.05, 0) is 132 Å². The third kappa shape index (κ3) is 4.02. The van der Waals surface area contributed by atoms with Crippen molar-refractivity contribution in [2.45, 2.75) is 129 Å². The van der Waals surface area contributed by atoms with Crippen molar-refractivity contribution in [2.75, 3.05) is 0 Å². The summed E-state index contributed by atoms with van der Waals surface area (Å²) in [6.07, 6.45) is 10.2. The quantitative estimate of drug-likeness (QED) is 0.505. The average molecular weight is 437 g/mol. The summed E-state index contributed by atoms with van der Waals surface area (Å²) in [7, 11) is 0. The van der Waals surface area contributed by atoms with Crippen molar-refractivity contribution in [3.05, 3.63) is 0 Å². The third-order valence-corrected chi connectivity index (χ3v) is 11.0. The molecule has 4 rings (SSSR count). The van der Waals surface area contributed by atoms with Crippen LogP contribution in [-0.4, -0.2) is 43.8 Å². The van der Waals surface area contributed by atoms with Gasteiger partial charge in [0.15, 0.2) is 0 Å². The molecule has 0 aromatic rings. The molecule has 0 saturated heterocycles. The topological polar surface area (TPSA) is 80.9 Å². The number of hydrogen-bond donors (Lipinski definition) is 4. The number of fused-ring (bicyclic) bond motifs is 5. The van der Waals surface area contributed by atoms with Gasteiger partial charge < -0.3 is 20.4 Å². The molecule has 4 N–H and O–H groups in total. The van der Waals surface area contributed by atoms with E-state index in [0.29, 0.717) is 30.1 Å². The van der Waals surface area contributed by atoms with Crippen molar-refractivity contribution in [2.24, 2.45) is 40.4 Å². The molecule has 0 aliphatic heterocycles. The number of hydrogen-bond acceptors (Lipinski definition) is 4. The van der Waals surface area contributed by atoms with Gasteiger partial charge in [0.25, 0.3) is 0 Å². The highest BCUT2D eigenvalue weighted by atomic mass is 16.3. The Morgan fingerprint density at radius 1 is 0.871 bits per heavy atom. The van der Waals surface area contributed by atoms with Gasteiger partial charge in [-0.15, -0.1) is 0 Å². The Morgan fingerprint density at radius 2 is 1.52 bits per heavy atom. The lowest BCUT2D eigenvalue weighted by Crippen LogP contribution is -2.57. The van der Waals surface area contributed by atoms with Crippen LogP contribution in [0, 0.1) is 40.4 Å². The molecule has 10 atom stereocenters. The zero-order chi connectivity index (χ0) is 22.8. The van der Waals surface area contributed by atoms with Gasteiger partial charge in [-0.3, -0.25) is 0 Å². The van der Waals surface area contributed by atoms with Crippen LogP contribution in [0.4, 0.5) is 0 Å². The molecule has 31 heavy (non-hydrogen) atoms. The van der Waals surface area contributed by atoms with E-state index in [9.17, 15) is 20.4 Å². The summed E-state index contributed by atoms with van der Waals surface area (Å²) in [4.78, 5) is 0. The Labute approximate surface area is 189 Å². The summed E-state index contributed by atoms with van der Waals surface area (Å²) in [5, 5.41) is 42.9. The van der Waals surface area contributed by atoms with Gasteiger partial charge in [0.05, 0.1) is 23.4 Å². The number of aliphatic hydroxyl groups is 4. The van der Waals surface area contributed by atoms with Crippen LogP contribution >= 0.6 is 0 Å². The van der Waals surface area contributed by atoms with Crippen molar-refractivity contribution in [1.29, 1.82) is 0 Å². The van der Waals surface area contributed by atoms with E-state index in [-0.39, 0.29) is 17.4 Å². The van der Waals surface area contributed by atoms with Crippen molar-refractivity contribution in [1.82, 2.24) is 0 Å². The van der Waals surface area contributed by atoms with Crippen LogP contribution in [0.2, 0.25) is 0 Å². The largest absolute Gasteiger partial charge is 0.393 e. The molecule has 0 aromatic heterocycles. The molecule has 4 nitrogen and oxygen atoms in total. The van der Waals surface area contributed by atoms with E-state index in [1.165, 1.54) is 32.1 Å². The van der Waals surface area contributed by atoms with E-state index >= 15 is 0 Å². The van der Waals surface area contributed by atoms with Gasteiger partial charge in [-0.25, -0.2) is 0 Å². The number of rotatable bonds is 5. The van der Waals surface area contributed by atoms with Gasteiger partial charge in [0.2, 0.25) is 0 Å². The fourth-order valence-corrected chi connectivity index (χ4v) is 9.21.